The van der Waals surface area contributed by atoms with Gasteiger partial charge in [0.2, 0.25) is 10.0 Å². The molecule has 3 aromatic rings. The lowest BCUT2D eigenvalue weighted by Gasteiger charge is -2.18. The molecule has 0 saturated carbocycles. The fraction of sp³-hybridized carbons (Fsp3) is 0.182. The van der Waals surface area contributed by atoms with Crippen LogP contribution in [-0.4, -0.2) is 37.9 Å². The number of carbonyl (C=O) groups is 1. The van der Waals surface area contributed by atoms with Crippen LogP contribution in [0.3, 0.4) is 0 Å². The number of benzene rings is 2. The topological polar surface area (TPSA) is 92.0 Å². The number of amides is 1. The first-order chi connectivity index (χ1) is 14.8. The molecule has 0 saturated heterocycles. The average Bonchev–Trinajstić information content (AvgIpc) is 3.24. The highest BCUT2D eigenvalue weighted by atomic mass is 32.2. The van der Waals surface area contributed by atoms with Crippen LogP contribution >= 0.6 is 0 Å². The second-order valence-corrected chi connectivity index (χ2v) is 8.46. The molecule has 0 aliphatic carbocycles. The van der Waals surface area contributed by atoms with Gasteiger partial charge in [-0.05, 0) is 54.6 Å². The van der Waals surface area contributed by atoms with E-state index in [2.05, 4.69) is 10.5 Å². The van der Waals surface area contributed by atoms with Crippen molar-refractivity contribution in [1.29, 1.82) is 0 Å². The molecule has 1 N–H and O–H groups in total. The molecule has 0 bridgehead atoms. The molecule has 162 valence electrons. The number of sulfonamides is 1. The van der Waals surface area contributed by atoms with E-state index in [1.165, 1.54) is 46.9 Å². The first-order valence-corrected chi connectivity index (χ1v) is 11.1. The van der Waals surface area contributed by atoms with Crippen LogP contribution in [0.4, 0.5) is 4.39 Å². The standard InChI is InChI=1S/C22H22FN3O4S/c1-3-26(4-2)31(28,29)20-7-5-6-17(14-20)22(27)25-24-15-19-12-13-21(30-19)16-8-10-18(23)11-9-16/h5-15H,3-4H2,1-2H3,(H,25,27)/b24-15+. The molecule has 31 heavy (non-hydrogen) atoms. The maximum absolute atomic E-state index is 13.0. The molecular formula is C22H22FN3O4S. The van der Waals surface area contributed by atoms with Crippen molar-refractivity contribution in [2.24, 2.45) is 5.10 Å². The highest BCUT2D eigenvalue weighted by Gasteiger charge is 2.22. The number of nitrogens with one attached hydrogen (secondary N) is 1. The van der Waals surface area contributed by atoms with Crippen molar-refractivity contribution in [3.05, 3.63) is 77.8 Å². The number of hydrogen-bond donors (Lipinski definition) is 1. The number of carbonyl (C=O) groups excluding carboxylic acids is 1. The fourth-order valence-electron chi connectivity index (χ4n) is 2.92. The Balaban J connectivity index is 1.69. The zero-order valence-corrected chi connectivity index (χ0v) is 17.9. The van der Waals surface area contributed by atoms with E-state index >= 15 is 0 Å². The molecule has 0 aliphatic heterocycles. The minimum Gasteiger partial charge on any atom is -0.455 e. The zero-order chi connectivity index (χ0) is 22.4. The summed E-state index contributed by atoms with van der Waals surface area (Å²) in [5.41, 5.74) is 3.22. The number of rotatable bonds is 8. The Morgan fingerprint density at radius 2 is 1.81 bits per heavy atom. The fourth-order valence-corrected chi connectivity index (χ4v) is 4.43. The number of hydrazone groups is 1. The van der Waals surface area contributed by atoms with Crippen LogP contribution < -0.4 is 5.43 Å². The van der Waals surface area contributed by atoms with E-state index in [0.717, 1.165) is 0 Å². The molecule has 0 unspecified atom stereocenters. The number of nitrogens with zero attached hydrogens (tertiary/aromatic N) is 2. The summed E-state index contributed by atoms with van der Waals surface area (Å²) in [5.74, 6) is 0.0199. The third-order valence-corrected chi connectivity index (χ3v) is 6.60. The monoisotopic (exact) mass is 443 g/mol. The van der Waals surface area contributed by atoms with Gasteiger partial charge in [-0.1, -0.05) is 19.9 Å². The smallest absolute Gasteiger partial charge is 0.271 e. The van der Waals surface area contributed by atoms with Crippen molar-refractivity contribution >= 4 is 22.1 Å². The SMILES string of the molecule is CCN(CC)S(=O)(=O)c1cccc(C(=O)N/N=C/c2ccc(-c3ccc(F)cc3)o2)c1. The summed E-state index contributed by atoms with van der Waals surface area (Å²) in [6.45, 7) is 4.18. The molecule has 0 spiro atoms. The summed E-state index contributed by atoms with van der Waals surface area (Å²) in [6.07, 6.45) is 1.32. The van der Waals surface area contributed by atoms with Gasteiger partial charge in [-0.25, -0.2) is 18.2 Å². The zero-order valence-electron chi connectivity index (χ0n) is 17.1. The Hall–Kier alpha value is -3.30. The summed E-state index contributed by atoms with van der Waals surface area (Å²) in [4.78, 5) is 12.4. The normalized spacial score (nSPS) is 11.9. The lowest BCUT2D eigenvalue weighted by molar-refractivity contribution is 0.0955. The summed E-state index contributed by atoms with van der Waals surface area (Å²) < 4.78 is 45.2. The lowest BCUT2D eigenvalue weighted by Crippen LogP contribution is -2.30. The number of furan rings is 1. The maximum atomic E-state index is 13.0. The van der Waals surface area contributed by atoms with Gasteiger partial charge < -0.3 is 4.42 Å². The van der Waals surface area contributed by atoms with E-state index in [9.17, 15) is 17.6 Å². The molecule has 7 nitrogen and oxygen atoms in total. The summed E-state index contributed by atoms with van der Waals surface area (Å²) >= 11 is 0. The second kappa shape index (κ2) is 9.67. The summed E-state index contributed by atoms with van der Waals surface area (Å²) in [5, 5.41) is 3.86. The van der Waals surface area contributed by atoms with Crippen molar-refractivity contribution in [1.82, 2.24) is 9.73 Å². The molecule has 0 atom stereocenters. The van der Waals surface area contributed by atoms with Crippen LogP contribution in [0, 0.1) is 5.82 Å². The van der Waals surface area contributed by atoms with E-state index < -0.39 is 15.9 Å². The predicted octanol–water partition coefficient (Wildman–Crippen LogP) is 3.88. The Bertz CT molecular complexity index is 1180. The first kappa shape index (κ1) is 22.4. The highest BCUT2D eigenvalue weighted by molar-refractivity contribution is 7.89. The van der Waals surface area contributed by atoms with Crippen molar-refractivity contribution < 1.29 is 22.0 Å². The van der Waals surface area contributed by atoms with Crippen LogP contribution in [0.25, 0.3) is 11.3 Å². The van der Waals surface area contributed by atoms with Crippen LogP contribution in [0.1, 0.15) is 30.0 Å². The highest BCUT2D eigenvalue weighted by Crippen LogP contribution is 2.21. The first-order valence-electron chi connectivity index (χ1n) is 9.64. The molecule has 0 fully saturated rings. The van der Waals surface area contributed by atoms with Gasteiger partial charge in [-0.3, -0.25) is 4.79 Å². The van der Waals surface area contributed by atoms with Gasteiger partial charge in [-0.15, -0.1) is 0 Å². The van der Waals surface area contributed by atoms with Crippen molar-refractivity contribution in [3.8, 4) is 11.3 Å². The molecule has 1 amide bonds. The molecule has 9 heteroatoms. The van der Waals surface area contributed by atoms with Crippen molar-refractivity contribution in [2.75, 3.05) is 13.1 Å². The van der Waals surface area contributed by atoms with Crippen molar-refractivity contribution in [2.45, 2.75) is 18.7 Å². The van der Waals surface area contributed by atoms with Gasteiger partial charge in [0, 0.05) is 24.2 Å². The number of hydrogen-bond acceptors (Lipinski definition) is 5. The van der Waals surface area contributed by atoms with E-state index in [0.29, 0.717) is 30.2 Å². The number of halogens is 1. The third kappa shape index (κ3) is 5.25. The molecular weight excluding hydrogens is 421 g/mol. The third-order valence-electron chi connectivity index (χ3n) is 4.55. The molecule has 3 rings (SSSR count). The van der Waals surface area contributed by atoms with E-state index in [1.807, 2.05) is 0 Å². The Morgan fingerprint density at radius 3 is 2.48 bits per heavy atom. The molecule has 1 aromatic heterocycles. The van der Waals surface area contributed by atoms with Gasteiger partial charge in [0.25, 0.3) is 5.91 Å². The Labute approximate surface area is 180 Å². The Morgan fingerprint density at radius 1 is 1.10 bits per heavy atom. The minimum absolute atomic E-state index is 0.0443. The van der Waals surface area contributed by atoms with Gasteiger partial charge in [0.05, 0.1) is 11.1 Å². The minimum atomic E-state index is -3.67. The van der Waals surface area contributed by atoms with Gasteiger partial charge in [0.15, 0.2) is 0 Å². The average molecular weight is 444 g/mol. The summed E-state index contributed by atoms with van der Waals surface area (Å²) in [7, 11) is -3.67. The van der Waals surface area contributed by atoms with Gasteiger partial charge >= 0.3 is 0 Å². The quantitative estimate of drug-likeness (QED) is 0.422. The summed E-state index contributed by atoms with van der Waals surface area (Å²) in [6, 6.07) is 15.0. The van der Waals surface area contributed by atoms with Gasteiger partial charge in [0.1, 0.15) is 17.3 Å². The largest absolute Gasteiger partial charge is 0.455 e. The molecule has 1 heterocycles. The van der Waals surface area contributed by atoms with E-state index in [1.54, 1.807) is 38.1 Å². The van der Waals surface area contributed by atoms with E-state index in [4.69, 9.17) is 4.42 Å². The second-order valence-electron chi connectivity index (χ2n) is 6.53. The predicted molar refractivity (Wildman–Crippen MR) is 116 cm³/mol. The van der Waals surface area contributed by atoms with Crippen LogP contribution in [-0.2, 0) is 10.0 Å². The van der Waals surface area contributed by atoms with Crippen LogP contribution in [0.2, 0.25) is 0 Å². The Kier molecular flexibility index (Phi) is 6.98. The maximum Gasteiger partial charge on any atom is 0.271 e. The van der Waals surface area contributed by atoms with Crippen LogP contribution in [0.5, 0.6) is 0 Å². The molecule has 0 radical (unpaired) electrons. The van der Waals surface area contributed by atoms with Crippen molar-refractivity contribution in [3.63, 3.8) is 0 Å². The molecule has 2 aromatic carbocycles. The molecule has 0 aliphatic rings. The van der Waals surface area contributed by atoms with Crippen LogP contribution in [0.15, 0.2) is 75.1 Å². The van der Waals surface area contributed by atoms with E-state index in [-0.39, 0.29) is 16.3 Å². The van der Waals surface area contributed by atoms with Gasteiger partial charge in [-0.2, -0.15) is 9.41 Å². The lowest BCUT2D eigenvalue weighted by atomic mass is 10.2.